The minimum absolute atomic E-state index is 0.0672. The summed E-state index contributed by atoms with van der Waals surface area (Å²) in [6.07, 6.45) is 1.36. The summed E-state index contributed by atoms with van der Waals surface area (Å²) < 4.78 is 0. The van der Waals surface area contributed by atoms with Crippen molar-refractivity contribution in [2.75, 3.05) is 6.54 Å². The fourth-order valence-electron chi connectivity index (χ4n) is 1.97. The van der Waals surface area contributed by atoms with Crippen LogP contribution in [0.4, 0.5) is 0 Å². The largest absolute Gasteiger partial charge is 0.392 e. The van der Waals surface area contributed by atoms with E-state index in [1.165, 1.54) is 0 Å². The third kappa shape index (κ3) is 4.30. The predicted molar refractivity (Wildman–Crippen MR) is 73.3 cm³/mol. The molecule has 0 spiro atoms. The van der Waals surface area contributed by atoms with Crippen molar-refractivity contribution in [1.82, 2.24) is 0 Å². The van der Waals surface area contributed by atoms with E-state index < -0.39 is 6.10 Å². The molecule has 0 heterocycles. The van der Waals surface area contributed by atoms with Crippen LogP contribution in [0.25, 0.3) is 0 Å². The third-order valence-corrected chi connectivity index (χ3v) is 3.41. The predicted octanol–water partition coefficient (Wildman–Crippen LogP) is 3.18. The highest BCUT2D eigenvalue weighted by atomic mass is 35.5. The smallest absolute Gasteiger partial charge is 0.0621 e. The van der Waals surface area contributed by atoms with Crippen molar-refractivity contribution >= 4 is 11.6 Å². The third-order valence-electron chi connectivity index (χ3n) is 3.06. The number of halogens is 1. The van der Waals surface area contributed by atoms with Gasteiger partial charge in [0.25, 0.3) is 0 Å². The number of hydrogen-bond acceptors (Lipinski definition) is 2. The summed E-state index contributed by atoms with van der Waals surface area (Å²) in [5.74, 6) is 0.525. The van der Waals surface area contributed by atoms with Crippen molar-refractivity contribution in [1.29, 1.82) is 0 Å². The molecule has 0 aromatic heterocycles. The van der Waals surface area contributed by atoms with Gasteiger partial charge in [-0.3, -0.25) is 0 Å². The zero-order valence-electron chi connectivity index (χ0n) is 10.6. The average molecular weight is 256 g/mol. The van der Waals surface area contributed by atoms with Gasteiger partial charge in [0.1, 0.15) is 0 Å². The van der Waals surface area contributed by atoms with Crippen LogP contribution in [0, 0.1) is 5.92 Å². The summed E-state index contributed by atoms with van der Waals surface area (Å²) in [7, 11) is 0. The molecule has 17 heavy (non-hydrogen) atoms. The van der Waals surface area contributed by atoms with Gasteiger partial charge >= 0.3 is 0 Å². The molecule has 0 saturated carbocycles. The first-order chi connectivity index (χ1) is 8.06. The highest BCUT2D eigenvalue weighted by Crippen LogP contribution is 2.28. The average Bonchev–Trinajstić information content (AvgIpc) is 2.30. The normalized spacial score (nSPS) is 14.9. The van der Waals surface area contributed by atoms with Crippen LogP contribution in [0.3, 0.4) is 0 Å². The second-order valence-corrected chi connectivity index (χ2v) is 5.31. The summed E-state index contributed by atoms with van der Waals surface area (Å²) in [6.45, 7) is 4.72. The molecule has 0 amide bonds. The van der Waals surface area contributed by atoms with Crippen LogP contribution in [0.15, 0.2) is 24.3 Å². The zero-order chi connectivity index (χ0) is 12.8. The van der Waals surface area contributed by atoms with Gasteiger partial charge in [0.15, 0.2) is 0 Å². The molecule has 0 saturated heterocycles. The fraction of sp³-hybridized carbons (Fsp3) is 0.571. The Morgan fingerprint density at radius 2 is 1.88 bits per heavy atom. The maximum atomic E-state index is 10.2. The lowest BCUT2D eigenvalue weighted by Gasteiger charge is -2.23. The van der Waals surface area contributed by atoms with Gasteiger partial charge in [-0.1, -0.05) is 43.6 Å². The quantitative estimate of drug-likeness (QED) is 0.820. The monoisotopic (exact) mass is 255 g/mol. The summed E-state index contributed by atoms with van der Waals surface area (Å²) in [6, 6.07) is 7.60. The van der Waals surface area contributed by atoms with Crippen molar-refractivity contribution in [2.24, 2.45) is 11.7 Å². The van der Waals surface area contributed by atoms with Gasteiger partial charge in [0.2, 0.25) is 0 Å². The second-order valence-electron chi connectivity index (χ2n) is 4.90. The molecule has 1 aromatic carbocycles. The van der Waals surface area contributed by atoms with Crippen molar-refractivity contribution in [3.8, 4) is 0 Å². The number of hydrogen-bond donors (Lipinski definition) is 2. The van der Waals surface area contributed by atoms with E-state index in [1.807, 2.05) is 24.3 Å². The molecule has 3 N–H and O–H groups in total. The molecular weight excluding hydrogens is 234 g/mol. The number of benzene rings is 1. The van der Waals surface area contributed by atoms with Crippen molar-refractivity contribution in [2.45, 2.75) is 38.7 Å². The Morgan fingerprint density at radius 3 is 2.41 bits per heavy atom. The standard InChI is InChI=1S/C14H22ClNO/c1-10(2)7-8-14(17)12(9-16)11-5-3-4-6-13(11)15/h3-6,10,12,14,17H,7-9,16H2,1-2H3. The van der Waals surface area contributed by atoms with Crippen LogP contribution in [0.2, 0.25) is 5.02 Å². The van der Waals surface area contributed by atoms with Crippen molar-refractivity contribution < 1.29 is 5.11 Å². The molecular formula is C14H22ClNO. The summed E-state index contributed by atoms with van der Waals surface area (Å²) in [5.41, 5.74) is 6.71. The van der Waals surface area contributed by atoms with Crippen LogP contribution in [-0.4, -0.2) is 17.8 Å². The maximum absolute atomic E-state index is 10.2. The van der Waals surface area contributed by atoms with Gasteiger partial charge in [-0.25, -0.2) is 0 Å². The van der Waals surface area contributed by atoms with Gasteiger partial charge in [-0.05, 0) is 30.4 Å². The van der Waals surface area contributed by atoms with Crippen LogP contribution >= 0.6 is 11.6 Å². The van der Waals surface area contributed by atoms with E-state index in [9.17, 15) is 5.11 Å². The van der Waals surface area contributed by atoms with Crippen LogP contribution in [0.1, 0.15) is 38.2 Å². The van der Waals surface area contributed by atoms with Crippen LogP contribution < -0.4 is 5.73 Å². The van der Waals surface area contributed by atoms with Crippen LogP contribution in [-0.2, 0) is 0 Å². The summed E-state index contributed by atoms with van der Waals surface area (Å²) in [5, 5.41) is 10.9. The van der Waals surface area contributed by atoms with Gasteiger partial charge in [0, 0.05) is 17.5 Å². The Morgan fingerprint density at radius 1 is 1.24 bits per heavy atom. The van der Waals surface area contributed by atoms with Crippen molar-refractivity contribution in [3.63, 3.8) is 0 Å². The first-order valence-electron chi connectivity index (χ1n) is 6.18. The van der Waals surface area contributed by atoms with Gasteiger partial charge < -0.3 is 10.8 Å². The molecule has 0 fully saturated rings. The minimum atomic E-state index is -0.415. The topological polar surface area (TPSA) is 46.2 Å². The Hall–Kier alpha value is -0.570. The van der Waals surface area contributed by atoms with E-state index in [2.05, 4.69) is 13.8 Å². The Kier molecular flexibility index (Phi) is 5.96. The van der Waals surface area contributed by atoms with E-state index in [0.717, 1.165) is 18.4 Å². The lowest BCUT2D eigenvalue weighted by molar-refractivity contribution is 0.129. The maximum Gasteiger partial charge on any atom is 0.0621 e. The second kappa shape index (κ2) is 7.00. The van der Waals surface area contributed by atoms with Crippen LogP contribution in [0.5, 0.6) is 0 Å². The van der Waals surface area contributed by atoms with E-state index in [-0.39, 0.29) is 5.92 Å². The molecule has 0 aliphatic rings. The molecule has 2 unspecified atom stereocenters. The minimum Gasteiger partial charge on any atom is -0.392 e. The molecule has 0 aliphatic heterocycles. The van der Waals surface area contributed by atoms with E-state index in [0.29, 0.717) is 17.5 Å². The summed E-state index contributed by atoms with van der Waals surface area (Å²) in [4.78, 5) is 0. The molecule has 0 aliphatic carbocycles. The number of nitrogens with two attached hydrogens (primary N) is 1. The highest BCUT2D eigenvalue weighted by Gasteiger charge is 2.21. The number of aliphatic hydroxyl groups is 1. The SMILES string of the molecule is CC(C)CCC(O)C(CN)c1ccccc1Cl. The Balaban J connectivity index is 2.74. The number of aliphatic hydroxyl groups excluding tert-OH is 1. The zero-order valence-corrected chi connectivity index (χ0v) is 11.3. The molecule has 0 radical (unpaired) electrons. The lowest BCUT2D eigenvalue weighted by atomic mass is 9.89. The van der Waals surface area contributed by atoms with E-state index >= 15 is 0 Å². The molecule has 96 valence electrons. The fourth-order valence-corrected chi connectivity index (χ4v) is 2.25. The highest BCUT2D eigenvalue weighted by molar-refractivity contribution is 6.31. The molecule has 2 nitrogen and oxygen atoms in total. The van der Waals surface area contributed by atoms with Gasteiger partial charge in [0.05, 0.1) is 6.10 Å². The van der Waals surface area contributed by atoms with E-state index in [4.69, 9.17) is 17.3 Å². The van der Waals surface area contributed by atoms with Gasteiger partial charge in [-0.15, -0.1) is 0 Å². The lowest BCUT2D eigenvalue weighted by Crippen LogP contribution is -2.26. The molecule has 1 aromatic rings. The van der Waals surface area contributed by atoms with E-state index in [1.54, 1.807) is 0 Å². The molecule has 3 heteroatoms. The molecule has 2 atom stereocenters. The first kappa shape index (κ1) is 14.5. The molecule has 0 bridgehead atoms. The van der Waals surface area contributed by atoms with Gasteiger partial charge in [-0.2, -0.15) is 0 Å². The Labute approximate surface area is 109 Å². The Bertz CT molecular complexity index is 341. The molecule has 1 rings (SSSR count). The summed E-state index contributed by atoms with van der Waals surface area (Å²) >= 11 is 6.14. The first-order valence-corrected chi connectivity index (χ1v) is 6.56. The number of rotatable bonds is 6. The van der Waals surface area contributed by atoms with Crippen molar-refractivity contribution in [3.05, 3.63) is 34.9 Å².